The minimum Gasteiger partial charge on any atom is -0.396 e. The summed E-state index contributed by atoms with van der Waals surface area (Å²) in [5.41, 5.74) is 2.31. The van der Waals surface area contributed by atoms with Gasteiger partial charge < -0.3 is 10.4 Å². The van der Waals surface area contributed by atoms with Gasteiger partial charge in [0.25, 0.3) is 0 Å². The van der Waals surface area contributed by atoms with Gasteiger partial charge in [0.1, 0.15) is 0 Å². The molecular formula is C14H23N3OS. The molecule has 0 aromatic carbocycles. The molecule has 0 bridgehead atoms. The second kappa shape index (κ2) is 6.03. The van der Waals surface area contributed by atoms with Gasteiger partial charge in [0.2, 0.25) is 0 Å². The molecule has 2 aromatic rings. The number of nitrogens with zero attached hydrogens (tertiary/aromatic N) is 2. The summed E-state index contributed by atoms with van der Waals surface area (Å²) in [5.74, 6) is 0. The molecule has 0 saturated carbocycles. The van der Waals surface area contributed by atoms with Crippen LogP contribution in [0.3, 0.4) is 0 Å². The highest BCUT2D eigenvalue weighted by atomic mass is 32.1. The van der Waals surface area contributed by atoms with E-state index in [2.05, 4.69) is 47.0 Å². The number of rotatable bonds is 7. The van der Waals surface area contributed by atoms with Crippen molar-refractivity contribution in [2.45, 2.75) is 40.2 Å². The maximum absolute atomic E-state index is 9.57. The Hall–Kier alpha value is -0.910. The molecule has 2 heterocycles. The second-order valence-electron chi connectivity index (χ2n) is 5.17. The largest absolute Gasteiger partial charge is 0.396 e. The molecule has 106 valence electrons. The lowest BCUT2D eigenvalue weighted by atomic mass is 9.83. The molecule has 0 spiro atoms. The van der Waals surface area contributed by atoms with Crippen LogP contribution in [0.5, 0.6) is 0 Å². The molecule has 4 nitrogen and oxygen atoms in total. The van der Waals surface area contributed by atoms with Crippen molar-refractivity contribution in [3.8, 4) is 0 Å². The first-order chi connectivity index (χ1) is 9.15. The van der Waals surface area contributed by atoms with Gasteiger partial charge in [0.15, 0.2) is 4.96 Å². The lowest BCUT2D eigenvalue weighted by molar-refractivity contribution is 0.113. The van der Waals surface area contributed by atoms with Crippen LogP contribution in [0.2, 0.25) is 0 Å². The Labute approximate surface area is 118 Å². The maximum atomic E-state index is 9.57. The Morgan fingerprint density at radius 1 is 1.42 bits per heavy atom. The van der Waals surface area contributed by atoms with Crippen LogP contribution in [0.15, 0.2) is 11.6 Å². The van der Waals surface area contributed by atoms with Gasteiger partial charge >= 0.3 is 0 Å². The van der Waals surface area contributed by atoms with Gasteiger partial charge in [0.05, 0.1) is 11.4 Å². The monoisotopic (exact) mass is 281 g/mol. The van der Waals surface area contributed by atoms with Gasteiger partial charge in [-0.2, -0.15) is 0 Å². The van der Waals surface area contributed by atoms with E-state index in [0.717, 1.165) is 36.6 Å². The summed E-state index contributed by atoms with van der Waals surface area (Å²) < 4.78 is 2.14. The van der Waals surface area contributed by atoms with E-state index in [1.54, 1.807) is 11.3 Å². The molecule has 0 fully saturated rings. The molecule has 0 amide bonds. The SMILES string of the molecule is CCC(CC)(CO)CNCc1c(C)nc2sccn12. The van der Waals surface area contributed by atoms with Crippen molar-refractivity contribution in [2.75, 3.05) is 13.2 Å². The van der Waals surface area contributed by atoms with E-state index in [1.807, 2.05) is 0 Å². The molecule has 2 N–H and O–H groups in total. The summed E-state index contributed by atoms with van der Waals surface area (Å²) >= 11 is 1.66. The number of imidazole rings is 1. The fourth-order valence-corrected chi connectivity index (χ4v) is 3.16. The lowest BCUT2D eigenvalue weighted by Gasteiger charge is -2.29. The summed E-state index contributed by atoms with van der Waals surface area (Å²) in [4.78, 5) is 5.59. The molecule has 0 radical (unpaired) electrons. The zero-order chi connectivity index (χ0) is 13.9. The molecule has 5 heteroatoms. The van der Waals surface area contributed by atoms with Crippen molar-refractivity contribution >= 4 is 16.3 Å². The molecule has 19 heavy (non-hydrogen) atoms. The van der Waals surface area contributed by atoms with Gasteiger partial charge in [-0.25, -0.2) is 4.98 Å². The summed E-state index contributed by atoms with van der Waals surface area (Å²) in [5, 5.41) is 15.1. The Bertz CT molecular complexity index is 519. The average molecular weight is 281 g/mol. The first-order valence-electron chi connectivity index (χ1n) is 6.88. The number of nitrogens with one attached hydrogen (secondary N) is 1. The van der Waals surface area contributed by atoms with Crippen molar-refractivity contribution in [3.05, 3.63) is 23.0 Å². The van der Waals surface area contributed by atoms with Gasteiger partial charge in [-0.3, -0.25) is 4.40 Å². The zero-order valence-electron chi connectivity index (χ0n) is 11.9. The highest BCUT2D eigenvalue weighted by Crippen LogP contribution is 2.24. The fraction of sp³-hybridized carbons (Fsp3) is 0.643. The smallest absolute Gasteiger partial charge is 0.194 e. The number of hydrogen-bond acceptors (Lipinski definition) is 4. The predicted octanol–water partition coefficient (Wildman–Crippen LogP) is 2.59. The summed E-state index contributed by atoms with van der Waals surface area (Å²) in [6.07, 6.45) is 4.05. The van der Waals surface area contributed by atoms with E-state index in [9.17, 15) is 5.11 Å². The fourth-order valence-electron chi connectivity index (χ4n) is 2.38. The van der Waals surface area contributed by atoms with Crippen LogP contribution in [0.25, 0.3) is 4.96 Å². The number of hydrogen-bond donors (Lipinski definition) is 2. The summed E-state index contributed by atoms with van der Waals surface area (Å²) in [7, 11) is 0. The van der Waals surface area contributed by atoms with Crippen LogP contribution < -0.4 is 5.32 Å². The Morgan fingerprint density at radius 3 is 2.79 bits per heavy atom. The number of aryl methyl sites for hydroxylation is 1. The number of aromatic nitrogens is 2. The third kappa shape index (κ3) is 2.83. The number of aliphatic hydroxyl groups excluding tert-OH is 1. The molecule has 2 aromatic heterocycles. The van der Waals surface area contributed by atoms with Crippen LogP contribution in [0.4, 0.5) is 0 Å². The molecule has 0 unspecified atom stereocenters. The standard InChI is InChI=1S/C14H23N3OS/c1-4-14(5-2,10-18)9-15-8-12-11(3)16-13-17(12)6-7-19-13/h6-7,15,18H,4-5,8-10H2,1-3H3. The van der Waals surface area contributed by atoms with Gasteiger partial charge in [0, 0.05) is 36.7 Å². The Kier molecular flexibility index (Phi) is 4.60. The first kappa shape index (κ1) is 14.5. The van der Waals surface area contributed by atoms with Gasteiger partial charge in [-0.05, 0) is 19.8 Å². The quantitative estimate of drug-likeness (QED) is 0.820. The molecule has 0 atom stereocenters. The Morgan fingerprint density at radius 2 is 2.16 bits per heavy atom. The van der Waals surface area contributed by atoms with Crippen molar-refractivity contribution in [2.24, 2.45) is 5.41 Å². The molecule has 0 aliphatic heterocycles. The van der Waals surface area contributed by atoms with E-state index in [-0.39, 0.29) is 12.0 Å². The predicted molar refractivity (Wildman–Crippen MR) is 79.6 cm³/mol. The van der Waals surface area contributed by atoms with Gasteiger partial charge in [-0.15, -0.1) is 11.3 Å². The van der Waals surface area contributed by atoms with Crippen LogP contribution in [0.1, 0.15) is 38.1 Å². The molecular weight excluding hydrogens is 258 g/mol. The lowest BCUT2D eigenvalue weighted by Crippen LogP contribution is -2.36. The van der Waals surface area contributed by atoms with E-state index in [0.29, 0.717) is 0 Å². The van der Waals surface area contributed by atoms with E-state index in [1.165, 1.54) is 5.69 Å². The van der Waals surface area contributed by atoms with Crippen LogP contribution in [-0.4, -0.2) is 27.6 Å². The van der Waals surface area contributed by atoms with Crippen molar-refractivity contribution in [1.29, 1.82) is 0 Å². The minimum absolute atomic E-state index is 0.00630. The Balaban J connectivity index is 2.02. The second-order valence-corrected chi connectivity index (χ2v) is 6.04. The molecule has 0 aliphatic rings. The zero-order valence-corrected chi connectivity index (χ0v) is 12.8. The minimum atomic E-state index is 0.00630. The summed E-state index contributed by atoms with van der Waals surface area (Å²) in [6.45, 7) is 8.21. The van der Waals surface area contributed by atoms with Crippen LogP contribution in [-0.2, 0) is 6.54 Å². The van der Waals surface area contributed by atoms with Crippen LogP contribution in [0, 0.1) is 12.3 Å². The third-order valence-corrected chi connectivity index (χ3v) is 4.95. The topological polar surface area (TPSA) is 49.6 Å². The average Bonchev–Trinajstić information content (AvgIpc) is 2.98. The maximum Gasteiger partial charge on any atom is 0.194 e. The molecule has 2 rings (SSSR count). The normalized spacial score (nSPS) is 12.4. The van der Waals surface area contributed by atoms with E-state index >= 15 is 0 Å². The van der Waals surface area contributed by atoms with Crippen molar-refractivity contribution < 1.29 is 5.11 Å². The van der Waals surface area contributed by atoms with Crippen LogP contribution >= 0.6 is 11.3 Å². The third-order valence-electron chi connectivity index (χ3n) is 4.19. The van der Waals surface area contributed by atoms with Crippen molar-refractivity contribution in [1.82, 2.24) is 14.7 Å². The number of fused-ring (bicyclic) bond motifs is 1. The van der Waals surface area contributed by atoms with Gasteiger partial charge in [-0.1, -0.05) is 13.8 Å². The van der Waals surface area contributed by atoms with E-state index < -0.39 is 0 Å². The van der Waals surface area contributed by atoms with E-state index in [4.69, 9.17) is 0 Å². The number of aliphatic hydroxyl groups is 1. The first-order valence-corrected chi connectivity index (χ1v) is 7.76. The number of thiazole rings is 1. The molecule has 0 saturated heterocycles. The molecule has 0 aliphatic carbocycles. The summed E-state index contributed by atoms with van der Waals surface area (Å²) in [6, 6.07) is 0. The highest BCUT2D eigenvalue weighted by Gasteiger charge is 2.24. The highest BCUT2D eigenvalue weighted by molar-refractivity contribution is 7.15. The van der Waals surface area contributed by atoms with Crippen molar-refractivity contribution in [3.63, 3.8) is 0 Å².